The summed E-state index contributed by atoms with van der Waals surface area (Å²) in [6.07, 6.45) is 2.15. The van der Waals surface area contributed by atoms with Crippen molar-refractivity contribution in [2.24, 2.45) is 0 Å². The molecule has 2 aliphatic heterocycles. The van der Waals surface area contributed by atoms with Gasteiger partial charge in [0.1, 0.15) is 23.5 Å². The van der Waals surface area contributed by atoms with Crippen LogP contribution < -0.4 is 10.2 Å². The van der Waals surface area contributed by atoms with Gasteiger partial charge in [-0.3, -0.25) is 0 Å². The molecule has 0 bridgehead atoms. The Morgan fingerprint density at radius 1 is 1.34 bits per heavy atom. The Labute approximate surface area is 174 Å². The molecule has 1 unspecified atom stereocenters. The average molecular weight is 412 g/mol. The van der Waals surface area contributed by atoms with Crippen LogP contribution in [0.5, 0.6) is 0 Å². The maximum atomic E-state index is 12.8. The van der Waals surface area contributed by atoms with E-state index in [2.05, 4.69) is 16.3 Å². The van der Waals surface area contributed by atoms with E-state index in [9.17, 15) is 10.1 Å². The molecule has 0 saturated carbocycles. The van der Waals surface area contributed by atoms with Crippen molar-refractivity contribution in [3.8, 4) is 6.07 Å². The largest absolute Gasteiger partial charge is 0.463 e. The van der Waals surface area contributed by atoms with E-state index in [-0.39, 0.29) is 6.61 Å². The first-order valence-corrected chi connectivity index (χ1v) is 10.1. The number of benzene rings is 1. The summed E-state index contributed by atoms with van der Waals surface area (Å²) >= 11 is 6.08. The average Bonchev–Trinajstić information content (AvgIpc) is 3.35. The monoisotopic (exact) mass is 411 g/mol. The molecule has 1 aromatic carbocycles. The van der Waals surface area contributed by atoms with Gasteiger partial charge in [0.15, 0.2) is 5.82 Å². The van der Waals surface area contributed by atoms with Gasteiger partial charge < -0.3 is 15.0 Å². The van der Waals surface area contributed by atoms with E-state index < -0.39 is 12.0 Å². The number of carbonyl (C=O) groups is 1. The Morgan fingerprint density at radius 3 is 2.66 bits per heavy atom. The first-order chi connectivity index (χ1) is 14.0. The SMILES string of the molecule is CCOC(=O)C1=C(C)Nc2c(C#N)c(N3CCCC3)nn2C1c1ccc(Cl)cc1. The number of esters is 1. The molecule has 1 saturated heterocycles. The zero-order valence-corrected chi connectivity index (χ0v) is 17.2. The van der Waals surface area contributed by atoms with Crippen LogP contribution in [0.2, 0.25) is 5.02 Å². The van der Waals surface area contributed by atoms with E-state index in [0.29, 0.717) is 33.5 Å². The number of halogens is 1. The molecular weight excluding hydrogens is 390 g/mol. The van der Waals surface area contributed by atoms with Crippen molar-refractivity contribution in [3.05, 3.63) is 51.7 Å². The zero-order valence-electron chi connectivity index (χ0n) is 16.4. The third kappa shape index (κ3) is 3.34. The summed E-state index contributed by atoms with van der Waals surface area (Å²) in [6, 6.07) is 9.11. The van der Waals surface area contributed by atoms with Crippen molar-refractivity contribution in [2.45, 2.75) is 32.7 Å². The fraction of sp³-hybridized carbons (Fsp3) is 0.381. The lowest BCUT2D eigenvalue weighted by atomic mass is 9.95. The maximum absolute atomic E-state index is 12.8. The molecule has 150 valence electrons. The third-order valence-electron chi connectivity index (χ3n) is 5.32. The highest BCUT2D eigenvalue weighted by molar-refractivity contribution is 6.30. The molecule has 2 aliphatic rings. The fourth-order valence-electron chi connectivity index (χ4n) is 3.98. The van der Waals surface area contributed by atoms with Gasteiger partial charge in [-0.25, -0.2) is 9.48 Å². The Hall–Kier alpha value is -2.98. The molecule has 1 fully saturated rings. The van der Waals surface area contributed by atoms with Crippen LogP contribution in [-0.2, 0) is 9.53 Å². The highest BCUT2D eigenvalue weighted by Crippen LogP contribution is 2.41. The van der Waals surface area contributed by atoms with Crippen LogP contribution >= 0.6 is 11.6 Å². The number of ether oxygens (including phenoxy) is 1. The molecule has 3 heterocycles. The van der Waals surface area contributed by atoms with E-state index in [1.54, 1.807) is 23.7 Å². The number of hydrogen-bond acceptors (Lipinski definition) is 6. The Balaban J connectivity index is 1.90. The fourth-order valence-corrected chi connectivity index (χ4v) is 4.11. The van der Waals surface area contributed by atoms with Gasteiger partial charge in [0.05, 0.1) is 12.2 Å². The molecule has 1 atom stereocenters. The Bertz CT molecular complexity index is 1010. The second-order valence-corrected chi connectivity index (χ2v) is 7.57. The number of aromatic nitrogens is 2. The summed E-state index contributed by atoms with van der Waals surface area (Å²) in [6.45, 7) is 5.61. The number of rotatable bonds is 4. The summed E-state index contributed by atoms with van der Waals surface area (Å²) in [5.41, 5.74) is 2.47. The Morgan fingerprint density at radius 2 is 2.03 bits per heavy atom. The second-order valence-electron chi connectivity index (χ2n) is 7.14. The molecule has 0 radical (unpaired) electrons. The molecular formula is C21H22ClN5O2. The van der Waals surface area contributed by atoms with Gasteiger partial charge in [-0.05, 0) is 44.4 Å². The van der Waals surface area contributed by atoms with Crippen LogP contribution in [0.4, 0.5) is 11.6 Å². The van der Waals surface area contributed by atoms with Crippen LogP contribution in [0.3, 0.4) is 0 Å². The van der Waals surface area contributed by atoms with Gasteiger partial charge in [0, 0.05) is 23.8 Å². The highest BCUT2D eigenvalue weighted by Gasteiger charge is 2.37. The van der Waals surface area contributed by atoms with Crippen molar-refractivity contribution in [1.29, 1.82) is 5.26 Å². The van der Waals surface area contributed by atoms with Crippen LogP contribution in [0.15, 0.2) is 35.5 Å². The summed E-state index contributed by atoms with van der Waals surface area (Å²) in [4.78, 5) is 15.0. The van der Waals surface area contributed by atoms with Gasteiger partial charge >= 0.3 is 5.97 Å². The van der Waals surface area contributed by atoms with Gasteiger partial charge in [-0.1, -0.05) is 23.7 Å². The van der Waals surface area contributed by atoms with Crippen molar-refractivity contribution < 1.29 is 9.53 Å². The van der Waals surface area contributed by atoms with Crippen LogP contribution in [0, 0.1) is 11.3 Å². The van der Waals surface area contributed by atoms with E-state index in [1.165, 1.54) is 0 Å². The summed E-state index contributed by atoms with van der Waals surface area (Å²) in [5.74, 6) is 0.851. The number of carbonyl (C=O) groups excluding carboxylic acids is 1. The van der Waals surface area contributed by atoms with Crippen LogP contribution in [0.1, 0.15) is 43.9 Å². The number of nitrogens with one attached hydrogen (secondary N) is 1. The minimum Gasteiger partial charge on any atom is -0.463 e. The lowest BCUT2D eigenvalue weighted by Gasteiger charge is -2.29. The summed E-state index contributed by atoms with van der Waals surface area (Å²) in [7, 11) is 0. The van der Waals surface area contributed by atoms with Crippen LogP contribution in [0.25, 0.3) is 0 Å². The molecule has 1 N–H and O–H groups in total. The molecule has 29 heavy (non-hydrogen) atoms. The minimum atomic E-state index is -0.508. The molecule has 8 heteroatoms. The van der Waals surface area contributed by atoms with Gasteiger partial charge in [-0.2, -0.15) is 10.4 Å². The van der Waals surface area contributed by atoms with Crippen molar-refractivity contribution >= 4 is 29.2 Å². The summed E-state index contributed by atoms with van der Waals surface area (Å²) in [5, 5.41) is 18.5. The second kappa shape index (κ2) is 7.80. The topological polar surface area (TPSA) is 83.2 Å². The standard InChI is InChI=1S/C21H22ClN5O2/c1-3-29-21(28)17-13(2)24-19-16(12-23)20(26-10-4-5-11-26)25-27(19)18(17)14-6-8-15(22)9-7-14/h6-9,18,24H,3-5,10-11H2,1-2H3. The number of fused-ring (bicyclic) bond motifs is 1. The quantitative estimate of drug-likeness (QED) is 0.769. The van der Waals surface area contributed by atoms with E-state index in [0.717, 1.165) is 31.5 Å². The first kappa shape index (κ1) is 19.3. The Kier molecular flexibility index (Phi) is 5.20. The van der Waals surface area contributed by atoms with E-state index in [4.69, 9.17) is 21.4 Å². The van der Waals surface area contributed by atoms with Gasteiger partial charge in [0.25, 0.3) is 0 Å². The first-order valence-electron chi connectivity index (χ1n) is 9.73. The zero-order chi connectivity index (χ0) is 20.5. The highest BCUT2D eigenvalue weighted by atomic mass is 35.5. The molecule has 4 rings (SSSR count). The van der Waals surface area contributed by atoms with Crippen molar-refractivity contribution in [2.75, 3.05) is 29.9 Å². The molecule has 2 aromatic rings. The van der Waals surface area contributed by atoms with Crippen molar-refractivity contribution in [3.63, 3.8) is 0 Å². The third-order valence-corrected chi connectivity index (χ3v) is 5.57. The molecule has 0 amide bonds. The predicted octanol–water partition coefficient (Wildman–Crippen LogP) is 3.86. The van der Waals surface area contributed by atoms with Gasteiger partial charge in [-0.15, -0.1) is 0 Å². The molecule has 1 aromatic heterocycles. The number of hydrogen-bond donors (Lipinski definition) is 1. The van der Waals surface area contributed by atoms with Crippen LogP contribution in [-0.4, -0.2) is 35.4 Å². The molecule has 7 nitrogen and oxygen atoms in total. The smallest absolute Gasteiger partial charge is 0.338 e. The molecule has 0 aliphatic carbocycles. The number of allylic oxidation sites excluding steroid dienone is 1. The maximum Gasteiger partial charge on any atom is 0.338 e. The summed E-state index contributed by atoms with van der Waals surface area (Å²) < 4.78 is 7.06. The normalized spacial score (nSPS) is 18.3. The van der Waals surface area contributed by atoms with Crippen molar-refractivity contribution in [1.82, 2.24) is 9.78 Å². The minimum absolute atomic E-state index is 0.275. The number of nitrogens with zero attached hydrogens (tertiary/aromatic N) is 4. The molecule has 0 spiro atoms. The van der Waals surface area contributed by atoms with Gasteiger partial charge in [0.2, 0.25) is 0 Å². The number of anilines is 2. The number of nitriles is 1. The van der Waals surface area contributed by atoms with E-state index in [1.807, 2.05) is 19.1 Å². The van der Waals surface area contributed by atoms with E-state index >= 15 is 0 Å². The lowest BCUT2D eigenvalue weighted by Crippen LogP contribution is -2.29. The lowest BCUT2D eigenvalue weighted by molar-refractivity contribution is -0.139. The predicted molar refractivity (Wildman–Crippen MR) is 111 cm³/mol.